The van der Waals surface area contributed by atoms with Crippen LogP contribution < -0.4 is 0 Å². The van der Waals surface area contributed by atoms with Crippen LogP contribution in [-0.4, -0.2) is 19.5 Å². The summed E-state index contributed by atoms with van der Waals surface area (Å²) in [6, 6.07) is 57.5. The van der Waals surface area contributed by atoms with E-state index in [9.17, 15) is 5.26 Å². The second-order valence-corrected chi connectivity index (χ2v) is 12.7. The van der Waals surface area contributed by atoms with Crippen molar-refractivity contribution >= 4 is 43.7 Å². The Bertz CT molecular complexity index is 2920. The summed E-state index contributed by atoms with van der Waals surface area (Å²) < 4.78 is 8.64. The third-order valence-corrected chi connectivity index (χ3v) is 9.70. The number of hydrogen-bond donors (Lipinski definition) is 0. The summed E-state index contributed by atoms with van der Waals surface area (Å²) in [5.74, 6) is 1.78. The molecule has 242 valence electrons. The highest BCUT2D eigenvalue weighted by Gasteiger charge is 2.20. The number of furan rings is 1. The molecule has 10 rings (SSSR count). The highest BCUT2D eigenvalue weighted by atomic mass is 16.3. The Hall–Kier alpha value is -7.36. The average Bonchev–Trinajstić information content (AvgIpc) is 3.76. The monoisotopic (exact) mass is 665 g/mol. The van der Waals surface area contributed by atoms with Crippen molar-refractivity contribution < 1.29 is 4.42 Å². The maximum atomic E-state index is 10.4. The van der Waals surface area contributed by atoms with Crippen molar-refractivity contribution in [1.29, 1.82) is 5.26 Å². The fraction of sp³-hybridized carbons (Fsp3) is 0. The summed E-state index contributed by atoms with van der Waals surface area (Å²) >= 11 is 0. The minimum Gasteiger partial charge on any atom is -0.456 e. The molecule has 0 unspecified atom stereocenters. The summed E-state index contributed by atoms with van der Waals surface area (Å²) in [7, 11) is 0. The van der Waals surface area contributed by atoms with Crippen LogP contribution in [0.2, 0.25) is 0 Å². The van der Waals surface area contributed by atoms with E-state index in [4.69, 9.17) is 19.4 Å². The molecule has 52 heavy (non-hydrogen) atoms. The Kier molecular flexibility index (Phi) is 6.76. The molecule has 0 amide bonds. The fourth-order valence-electron chi connectivity index (χ4n) is 7.31. The lowest BCUT2D eigenvalue weighted by Crippen LogP contribution is -2.00. The molecular formula is C46H27N5O. The second kappa shape index (κ2) is 11.9. The molecule has 6 nitrogen and oxygen atoms in total. The molecule has 0 spiro atoms. The van der Waals surface area contributed by atoms with Crippen LogP contribution in [0.4, 0.5) is 0 Å². The zero-order valence-corrected chi connectivity index (χ0v) is 27.7. The minimum absolute atomic E-state index is 0.573. The second-order valence-electron chi connectivity index (χ2n) is 12.7. The number of aromatic nitrogens is 4. The van der Waals surface area contributed by atoms with Crippen LogP contribution in [0.15, 0.2) is 168 Å². The Morgan fingerprint density at radius 1 is 0.442 bits per heavy atom. The van der Waals surface area contributed by atoms with E-state index in [2.05, 4.69) is 77.4 Å². The lowest BCUT2D eigenvalue weighted by molar-refractivity contribution is 0.669. The maximum Gasteiger partial charge on any atom is 0.164 e. The van der Waals surface area contributed by atoms with Crippen molar-refractivity contribution in [3.05, 3.63) is 169 Å². The van der Waals surface area contributed by atoms with Crippen molar-refractivity contribution in [2.45, 2.75) is 0 Å². The lowest BCUT2D eigenvalue weighted by Gasteiger charge is -2.15. The Balaban J connectivity index is 1.17. The molecule has 0 saturated carbocycles. The van der Waals surface area contributed by atoms with Gasteiger partial charge in [0.25, 0.3) is 0 Å². The molecule has 3 aromatic heterocycles. The minimum atomic E-state index is 0.573. The van der Waals surface area contributed by atoms with Crippen LogP contribution in [0.25, 0.3) is 94.7 Å². The van der Waals surface area contributed by atoms with Crippen molar-refractivity contribution in [3.8, 4) is 57.0 Å². The highest BCUT2D eigenvalue weighted by molar-refractivity contribution is 6.11. The number of fused-ring (bicyclic) bond motifs is 6. The molecule has 0 radical (unpaired) electrons. The van der Waals surface area contributed by atoms with Gasteiger partial charge in [0.05, 0.1) is 28.4 Å². The fourth-order valence-corrected chi connectivity index (χ4v) is 7.31. The van der Waals surface area contributed by atoms with Gasteiger partial charge < -0.3 is 8.98 Å². The van der Waals surface area contributed by atoms with Gasteiger partial charge in [-0.25, -0.2) is 15.0 Å². The van der Waals surface area contributed by atoms with Crippen LogP contribution >= 0.6 is 0 Å². The Labute approximate surface area is 298 Å². The van der Waals surface area contributed by atoms with E-state index in [1.165, 1.54) is 10.8 Å². The summed E-state index contributed by atoms with van der Waals surface area (Å²) in [4.78, 5) is 14.8. The quantitative estimate of drug-likeness (QED) is 0.183. The normalized spacial score (nSPS) is 11.4. The van der Waals surface area contributed by atoms with E-state index in [-0.39, 0.29) is 0 Å². The number of benzene rings is 7. The molecular weight excluding hydrogens is 639 g/mol. The SMILES string of the molecule is N#Cc1cccc(-n2c3ccccc3c3ccccc32)c1-c1ccc2oc3ccc(-c4nc(-c5ccccc5)nc(-c5ccccc5)n4)cc3c2c1. The molecule has 0 aliphatic carbocycles. The largest absolute Gasteiger partial charge is 0.456 e. The smallest absolute Gasteiger partial charge is 0.164 e. The van der Waals surface area contributed by atoms with E-state index in [0.29, 0.717) is 23.0 Å². The summed E-state index contributed by atoms with van der Waals surface area (Å²) in [6.45, 7) is 0. The van der Waals surface area contributed by atoms with Gasteiger partial charge in [-0.05, 0) is 60.2 Å². The molecule has 0 fully saturated rings. The van der Waals surface area contributed by atoms with Crippen LogP contribution in [0, 0.1) is 11.3 Å². The van der Waals surface area contributed by atoms with Gasteiger partial charge in [0, 0.05) is 43.8 Å². The zero-order chi connectivity index (χ0) is 34.6. The predicted molar refractivity (Wildman–Crippen MR) is 208 cm³/mol. The molecule has 0 saturated heterocycles. The van der Waals surface area contributed by atoms with Gasteiger partial charge in [0.2, 0.25) is 0 Å². The Morgan fingerprint density at radius 3 is 1.52 bits per heavy atom. The third kappa shape index (κ3) is 4.76. The first-order valence-corrected chi connectivity index (χ1v) is 17.1. The molecule has 0 N–H and O–H groups in total. The van der Waals surface area contributed by atoms with E-state index >= 15 is 0 Å². The number of nitrogens with zero attached hydrogens (tertiary/aromatic N) is 5. The van der Waals surface area contributed by atoms with Gasteiger partial charge in [0.15, 0.2) is 17.5 Å². The maximum absolute atomic E-state index is 10.4. The number of para-hydroxylation sites is 2. The van der Waals surface area contributed by atoms with Crippen molar-refractivity contribution in [2.75, 3.05) is 0 Å². The van der Waals surface area contributed by atoms with Gasteiger partial charge in [-0.3, -0.25) is 0 Å². The molecule has 10 aromatic rings. The van der Waals surface area contributed by atoms with Crippen molar-refractivity contribution in [1.82, 2.24) is 19.5 Å². The molecule has 7 aromatic carbocycles. The zero-order valence-electron chi connectivity index (χ0n) is 27.7. The lowest BCUT2D eigenvalue weighted by atomic mass is 9.96. The average molecular weight is 666 g/mol. The number of nitriles is 1. The first kappa shape index (κ1) is 29.5. The van der Waals surface area contributed by atoms with Crippen LogP contribution in [0.5, 0.6) is 0 Å². The van der Waals surface area contributed by atoms with Gasteiger partial charge in [-0.15, -0.1) is 0 Å². The molecule has 3 heterocycles. The van der Waals surface area contributed by atoms with E-state index < -0.39 is 0 Å². The first-order valence-electron chi connectivity index (χ1n) is 17.1. The summed E-state index contributed by atoms with van der Waals surface area (Å²) in [6.07, 6.45) is 0. The van der Waals surface area contributed by atoms with Gasteiger partial charge in [0.1, 0.15) is 11.2 Å². The van der Waals surface area contributed by atoms with Crippen LogP contribution in [0.3, 0.4) is 0 Å². The van der Waals surface area contributed by atoms with E-state index in [1.807, 2.05) is 97.1 Å². The Morgan fingerprint density at radius 2 is 0.942 bits per heavy atom. The van der Waals surface area contributed by atoms with E-state index in [1.54, 1.807) is 0 Å². The molecule has 0 atom stereocenters. The third-order valence-electron chi connectivity index (χ3n) is 9.70. The van der Waals surface area contributed by atoms with Gasteiger partial charge in [-0.2, -0.15) is 5.26 Å². The van der Waals surface area contributed by atoms with Crippen LogP contribution in [-0.2, 0) is 0 Å². The highest BCUT2D eigenvalue weighted by Crippen LogP contribution is 2.40. The van der Waals surface area contributed by atoms with Crippen molar-refractivity contribution in [3.63, 3.8) is 0 Å². The molecule has 0 aliphatic rings. The summed E-state index contributed by atoms with van der Waals surface area (Å²) in [5, 5.41) is 14.7. The summed E-state index contributed by atoms with van der Waals surface area (Å²) in [5.41, 5.74) is 9.69. The standard InChI is InChI=1S/C46H27N5O/c47-28-33-16-11-21-40(51-38-19-9-7-17-34(38)35-18-8-10-20-39(35)51)43(33)31-22-24-41-36(26-31)37-27-32(23-25-42(37)52-41)46-49-44(29-12-3-1-4-13-29)48-45(50-46)30-14-5-2-6-15-30/h1-27H. The van der Waals surface area contributed by atoms with E-state index in [0.717, 1.165) is 66.5 Å². The van der Waals surface area contributed by atoms with Gasteiger partial charge >= 0.3 is 0 Å². The number of rotatable bonds is 5. The van der Waals surface area contributed by atoms with Crippen LogP contribution in [0.1, 0.15) is 5.56 Å². The number of hydrogen-bond acceptors (Lipinski definition) is 5. The molecule has 0 bridgehead atoms. The first-order chi connectivity index (χ1) is 25.7. The molecule has 6 heteroatoms. The van der Waals surface area contributed by atoms with Crippen molar-refractivity contribution in [2.24, 2.45) is 0 Å². The topological polar surface area (TPSA) is 80.5 Å². The molecule has 0 aliphatic heterocycles. The van der Waals surface area contributed by atoms with Gasteiger partial charge in [-0.1, -0.05) is 109 Å². The predicted octanol–water partition coefficient (Wildman–Crippen LogP) is 11.4.